The molecule has 1 aromatic carbocycles. The normalized spacial score (nSPS) is 12.4. The lowest BCUT2D eigenvalue weighted by atomic mass is 10.0. The Kier molecular flexibility index (Phi) is 5.39. The van der Waals surface area contributed by atoms with E-state index in [9.17, 15) is 0 Å². The van der Waals surface area contributed by atoms with Gasteiger partial charge in [-0.3, -0.25) is 4.68 Å². The summed E-state index contributed by atoms with van der Waals surface area (Å²) < 4.78 is 7.71. The van der Waals surface area contributed by atoms with Crippen molar-refractivity contribution >= 4 is 0 Å². The van der Waals surface area contributed by atoms with Crippen molar-refractivity contribution in [2.24, 2.45) is 12.8 Å². The summed E-state index contributed by atoms with van der Waals surface area (Å²) >= 11 is 0. The molecule has 1 atom stereocenters. The number of benzene rings is 1. The molecule has 2 rings (SSSR count). The van der Waals surface area contributed by atoms with Crippen molar-refractivity contribution in [3.63, 3.8) is 0 Å². The highest BCUT2D eigenvalue weighted by Gasteiger charge is 2.05. The Morgan fingerprint density at radius 1 is 1.24 bits per heavy atom. The number of rotatable bonds is 7. The van der Waals surface area contributed by atoms with Crippen LogP contribution in [-0.4, -0.2) is 15.8 Å². The second-order valence-electron chi connectivity index (χ2n) is 5.41. The summed E-state index contributed by atoms with van der Waals surface area (Å²) in [7, 11) is 1.95. The van der Waals surface area contributed by atoms with Crippen LogP contribution in [0.25, 0.3) is 0 Å². The Balaban J connectivity index is 1.92. The molecule has 0 aliphatic rings. The maximum Gasteiger partial charge on any atom is 0.130 e. The molecule has 0 amide bonds. The largest absolute Gasteiger partial charge is 0.487 e. The molecule has 1 aromatic heterocycles. The zero-order valence-electron chi connectivity index (χ0n) is 13.2. The third-order valence-electron chi connectivity index (χ3n) is 3.72. The first kappa shape index (κ1) is 15.6. The third kappa shape index (κ3) is 4.33. The van der Waals surface area contributed by atoms with E-state index in [2.05, 4.69) is 37.1 Å². The number of aromatic nitrogens is 2. The second kappa shape index (κ2) is 7.27. The second-order valence-corrected chi connectivity index (χ2v) is 5.41. The molecule has 0 aliphatic heterocycles. The van der Waals surface area contributed by atoms with Gasteiger partial charge in [-0.25, -0.2) is 0 Å². The Morgan fingerprint density at radius 3 is 2.52 bits per heavy atom. The van der Waals surface area contributed by atoms with E-state index in [-0.39, 0.29) is 6.04 Å². The van der Waals surface area contributed by atoms with Gasteiger partial charge < -0.3 is 10.5 Å². The number of ether oxygens (including phenoxy) is 1. The smallest absolute Gasteiger partial charge is 0.130 e. The van der Waals surface area contributed by atoms with Crippen LogP contribution >= 0.6 is 0 Å². The highest BCUT2D eigenvalue weighted by atomic mass is 16.5. The Hall–Kier alpha value is -1.81. The molecule has 2 aromatic rings. The van der Waals surface area contributed by atoms with Gasteiger partial charge in [-0.15, -0.1) is 0 Å². The van der Waals surface area contributed by atoms with Crippen molar-refractivity contribution in [3.8, 4) is 5.75 Å². The average molecular weight is 287 g/mol. The lowest BCUT2D eigenvalue weighted by Gasteiger charge is -2.10. The first-order valence-electron chi connectivity index (χ1n) is 7.61. The monoisotopic (exact) mass is 287 g/mol. The van der Waals surface area contributed by atoms with Crippen molar-refractivity contribution in [2.45, 2.75) is 45.8 Å². The molecule has 0 fully saturated rings. The topological polar surface area (TPSA) is 53.1 Å². The number of hydrogen-bond acceptors (Lipinski definition) is 3. The summed E-state index contributed by atoms with van der Waals surface area (Å²) in [5.74, 6) is 0.878. The molecule has 1 unspecified atom stereocenters. The molecule has 0 spiro atoms. The van der Waals surface area contributed by atoms with Crippen LogP contribution in [0.3, 0.4) is 0 Å². The van der Waals surface area contributed by atoms with E-state index in [4.69, 9.17) is 10.5 Å². The molecule has 0 saturated carbocycles. The van der Waals surface area contributed by atoms with Gasteiger partial charge in [0.05, 0.1) is 11.4 Å². The van der Waals surface area contributed by atoms with Gasteiger partial charge in [-0.05, 0) is 43.0 Å². The van der Waals surface area contributed by atoms with Gasteiger partial charge in [-0.2, -0.15) is 5.10 Å². The molecule has 2 N–H and O–H groups in total. The number of nitrogens with two attached hydrogens (primary N) is 1. The van der Waals surface area contributed by atoms with Gasteiger partial charge >= 0.3 is 0 Å². The standard InChI is InChI=1S/C17H25N3O/c1-4-14(18)10-13-6-8-17(9-7-13)21-12-16-11-15(5-2)19-20(16)3/h6-9,11,14H,4-5,10,12,18H2,1-3H3. The highest BCUT2D eigenvalue weighted by Crippen LogP contribution is 2.16. The lowest BCUT2D eigenvalue weighted by molar-refractivity contribution is 0.295. The van der Waals surface area contributed by atoms with Crippen LogP contribution in [-0.2, 0) is 26.5 Å². The fraction of sp³-hybridized carbons (Fsp3) is 0.471. The van der Waals surface area contributed by atoms with Gasteiger partial charge in [0, 0.05) is 13.1 Å². The molecule has 0 radical (unpaired) electrons. The fourth-order valence-electron chi connectivity index (χ4n) is 2.21. The lowest BCUT2D eigenvalue weighted by Crippen LogP contribution is -2.21. The van der Waals surface area contributed by atoms with E-state index >= 15 is 0 Å². The van der Waals surface area contributed by atoms with Crippen LogP contribution in [0, 0.1) is 0 Å². The number of nitrogens with zero attached hydrogens (tertiary/aromatic N) is 2. The minimum Gasteiger partial charge on any atom is -0.487 e. The van der Waals surface area contributed by atoms with Crippen LogP contribution in [0.4, 0.5) is 0 Å². The number of aryl methyl sites for hydroxylation is 2. The van der Waals surface area contributed by atoms with Crippen molar-refractivity contribution in [3.05, 3.63) is 47.3 Å². The Bertz CT molecular complexity index is 560. The van der Waals surface area contributed by atoms with Crippen LogP contribution in [0.1, 0.15) is 37.2 Å². The van der Waals surface area contributed by atoms with E-state index in [1.807, 2.05) is 23.9 Å². The molecule has 4 heteroatoms. The van der Waals surface area contributed by atoms with Crippen LogP contribution in [0.15, 0.2) is 30.3 Å². The van der Waals surface area contributed by atoms with Crippen molar-refractivity contribution < 1.29 is 4.74 Å². The summed E-state index contributed by atoms with van der Waals surface area (Å²) in [4.78, 5) is 0. The zero-order chi connectivity index (χ0) is 15.2. The van der Waals surface area contributed by atoms with Gasteiger partial charge in [0.1, 0.15) is 12.4 Å². The maximum atomic E-state index is 5.97. The quantitative estimate of drug-likeness (QED) is 0.852. The minimum atomic E-state index is 0.235. The number of hydrogen-bond donors (Lipinski definition) is 1. The summed E-state index contributed by atoms with van der Waals surface area (Å²) in [6, 6.07) is 10.5. The van der Waals surface area contributed by atoms with Gasteiger partial charge in [-0.1, -0.05) is 26.0 Å². The first-order valence-corrected chi connectivity index (χ1v) is 7.61. The van der Waals surface area contributed by atoms with Crippen LogP contribution in [0.5, 0.6) is 5.75 Å². The molecular formula is C17H25N3O. The first-order chi connectivity index (χ1) is 10.1. The average Bonchev–Trinajstić information content (AvgIpc) is 2.87. The van der Waals surface area contributed by atoms with Crippen molar-refractivity contribution in [1.82, 2.24) is 9.78 Å². The Morgan fingerprint density at radius 2 is 1.95 bits per heavy atom. The molecule has 1 heterocycles. The van der Waals surface area contributed by atoms with Crippen molar-refractivity contribution in [2.75, 3.05) is 0 Å². The predicted octanol–water partition coefficient (Wildman–Crippen LogP) is 2.84. The molecule has 0 saturated heterocycles. The third-order valence-corrected chi connectivity index (χ3v) is 3.72. The molecule has 4 nitrogen and oxygen atoms in total. The van der Waals surface area contributed by atoms with Crippen molar-refractivity contribution in [1.29, 1.82) is 0 Å². The zero-order valence-corrected chi connectivity index (χ0v) is 13.2. The van der Waals surface area contributed by atoms with E-state index in [0.717, 1.165) is 36.4 Å². The summed E-state index contributed by atoms with van der Waals surface area (Å²) in [6.45, 7) is 4.75. The summed E-state index contributed by atoms with van der Waals surface area (Å²) in [5.41, 5.74) is 9.41. The molecule has 0 aliphatic carbocycles. The maximum absolute atomic E-state index is 5.97. The SMILES string of the molecule is CCc1cc(COc2ccc(CC(N)CC)cc2)n(C)n1. The van der Waals surface area contributed by atoms with E-state index in [0.29, 0.717) is 6.61 Å². The minimum absolute atomic E-state index is 0.235. The van der Waals surface area contributed by atoms with Crippen LogP contribution < -0.4 is 10.5 Å². The highest BCUT2D eigenvalue weighted by molar-refractivity contribution is 5.28. The van der Waals surface area contributed by atoms with E-state index in [1.54, 1.807) is 0 Å². The van der Waals surface area contributed by atoms with E-state index in [1.165, 1.54) is 5.56 Å². The van der Waals surface area contributed by atoms with E-state index < -0.39 is 0 Å². The fourth-order valence-corrected chi connectivity index (χ4v) is 2.21. The predicted molar refractivity (Wildman–Crippen MR) is 85.3 cm³/mol. The van der Waals surface area contributed by atoms with Gasteiger partial charge in [0.25, 0.3) is 0 Å². The summed E-state index contributed by atoms with van der Waals surface area (Å²) in [6.07, 6.45) is 2.86. The molecular weight excluding hydrogens is 262 g/mol. The Labute approximate surface area is 126 Å². The molecule has 114 valence electrons. The molecule has 0 bridgehead atoms. The summed E-state index contributed by atoms with van der Waals surface area (Å²) in [5, 5.41) is 4.42. The van der Waals surface area contributed by atoms with Gasteiger partial charge in [0.15, 0.2) is 0 Å². The molecule has 21 heavy (non-hydrogen) atoms. The van der Waals surface area contributed by atoms with Crippen LogP contribution in [0.2, 0.25) is 0 Å². The van der Waals surface area contributed by atoms with Gasteiger partial charge in [0.2, 0.25) is 0 Å².